The lowest BCUT2D eigenvalue weighted by Gasteiger charge is -2.35. The van der Waals surface area contributed by atoms with Crippen LogP contribution in [0.5, 0.6) is 0 Å². The van der Waals surface area contributed by atoms with Crippen LogP contribution in [0.1, 0.15) is 21.6 Å². The van der Waals surface area contributed by atoms with Crippen molar-refractivity contribution >= 4 is 11.7 Å². The maximum absolute atomic E-state index is 12.3. The molecule has 7 nitrogen and oxygen atoms in total. The molecule has 2 aromatic heterocycles. The zero-order valence-electron chi connectivity index (χ0n) is 16.2. The summed E-state index contributed by atoms with van der Waals surface area (Å²) in [7, 11) is 0. The molecule has 4 rings (SSSR count). The average molecular weight is 388 g/mol. The number of piperazine rings is 1. The summed E-state index contributed by atoms with van der Waals surface area (Å²) in [5, 5.41) is 2.84. The lowest BCUT2D eigenvalue weighted by Crippen LogP contribution is -2.46. The minimum atomic E-state index is -0.236. The molecule has 1 aliphatic heterocycles. The number of benzene rings is 1. The van der Waals surface area contributed by atoms with Crippen molar-refractivity contribution in [3.8, 4) is 0 Å². The van der Waals surface area contributed by atoms with Crippen molar-refractivity contribution < 1.29 is 4.79 Å². The van der Waals surface area contributed by atoms with Crippen LogP contribution in [0.15, 0.2) is 67.3 Å². The van der Waals surface area contributed by atoms with Gasteiger partial charge in [-0.05, 0) is 17.2 Å². The molecule has 3 aromatic rings. The van der Waals surface area contributed by atoms with E-state index < -0.39 is 0 Å². The minimum Gasteiger partial charge on any atom is -0.353 e. The highest BCUT2D eigenvalue weighted by molar-refractivity contribution is 5.91. The van der Waals surface area contributed by atoms with Crippen molar-refractivity contribution in [1.29, 1.82) is 0 Å². The number of aromatic nitrogens is 3. The Morgan fingerprint density at radius 3 is 2.38 bits per heavy atom. The second-order valence-electron chi connectivity index (χ2n) is 7.05. The van der Waals surface area contributed by atoms with Gasteiger partial charge in [-0.15, -0.1) is 0 Å². The Morgan fingerprint density at radius 1 is 0.897 bits per heavy atom. The third-order valence-electron chi connectivity index (χ3n) is 4.99. The number of anilines is 1. The highest BCUT2D eigenvalue weighted by atomic mass is 16.1. The maximum Gasteiger partial charge on any atom is 0.271 e. The number of nitrogens with one attached hydrogen (secondary N) is 1. The van der Waals surface area contributed by atoms with Crippen LogP contribution in [-0.4, -0.2) is 51.9 Å². The molecule has 3 heterocycles. The predicted molar refractivity (Wildman–Crippen MR) is 111 cm³/mol. The van der Waals surface area contributed by atoms with Gasteiger partial charge in [-0.1, -0.05) is 36.4 Å². The van der Waals surface area contributed by atoms with Crippen LogP contribution < -0.4 is 10.2 Å². The summed E-state index contributed by atoms with van der Waals surface area (Å²) in [6, 6.07) is 14.3. The van der Waals surface area contributed by atoms with Gasteiger partial charge in [-0.2, -0.15) is 0 Å². The van der Waals surface area contributed by atoms with Crippen LogP contribution in [0, 0.1) is 0 Å². The molecule has 1 amide bonds. The number of carbonyl (C=O) groups is 1. The van der Waals surface area contributed by atoms with Crippen LogP contribution >= 0.6 is 0 Å². The van der Waals surface area contributed by atoms with Crippen LogP contribution in [0.2, 0.25) is 0 Å². The fraction of sp³-hybridized carbons (Fsp3) is 0.273. The van der Waals surface area contributed by atoms with Gasteiger partial charge >= 0.3 is 0 Å². The SMILES string of the molecule is O=C(NCc1cccnc1)c1cnc(N2CCN(Cc3ccccc3)CC2)cn1. The summed E-state index contributed by atoms with van der Waals surface area (Å²) >= 11 is 0. The molecule has 148 valence electrons. The Balaban J connectivity index is 1.27. The van der Waals surface area contributed by atoms with Crippen molar-refractivity contribution in [2.45, 2.75) is 13.1 Å². The highest BCUT2D eigenvalue weighted by Crippen LogP contribution is 2.14. The first kappa shape index (κ1) is 19.0. The second kappa shape index (κ2) is 9.25. The van der Waals surface area contributed by atoms with Gasteiger partial charge in [0, 0.05) is 51.7 Å². The minimum absolute atomic E-state index is 0.236. The number of pyridine rings is 1. The molecule has 1 aliphatic rings. The van der Waals surface area contributed by atoms with Crippen molar-refractivity contribution in [2.75, 3.05) is 31.1 Å². The molecule has 0 aliphatic carbocycles. The van der Waals surface area contributed by atoms with E-state index in [2.05, 4.69) is 54.3 Å². The van der Waals surface area contributed by atoms with Crippen molar-refractivity contribution in [2.24, 2.45) is 0 Å². The molecule has 1 N–H and O–H groups in total. The third kappa shape index (κ3) is 5.14. The van der Waals surface area contributed by atoms with Crippen molar-refractivity contribution in [3.63, 3.8) is 0 Å². The molecule has 0 atom stereocenters. The van der Waals surface area contributed by atoms with E-state index in [1.165, 1.54) is 5.56 Å². The number of hydrogen-bond donors (Lipinski definition) is 1. The lowest BCUT2D eigenvalue weighted by molar-refractivity contribution is 0.0945. The molecule has 1 fully saturated rings. The van der Waals surface area contributed by atoms with Gasteiger partial charge in [0.25, 0.3) is 5.91 Å². The van der Waals surface area contributed by atoms with E-state index in [4.69, 9.17) is 0 Å². The number of rotatable bonds is 6. The van der Waals surface area contributed by atoms with Gasteiger partial charge in [-0.25, -0.2) is 9.97 Å². The van der Waals surface area contributed by atoms with E-state index in [0.717, 1.165) is 44.1 Å². The normalized spacial score (nSPS) is 14.6. The Morgan fingerprint density at radius 2 is 1.69 bits per heavy atom. The Labute approximate surface area is 170 Å². The maximum atomic E-state index is 12.3. The number of carbonyl (C=O) groups excluding carboxylic acids is 1. The zero-order valence-corrected chi connectivity index (χ0v) is 16.2. The smallest absolute Gasteiger partial charge is 0.271 e. The molecule has 0 radical (unpaired) electrons. The predicted octanol–water partition coefficient (Wildman–Crippen LogP) is 2.12. The Kier molecular flexibility index (Phi) is 6.07. The van der Waals surface area contributed by atoms with Crippen molar-refractivity contribution in [1.82, 2.24) is 25.2 Å². The first-order valence-electron chi connectivity index (χ1n) is 9.78. The fourth-order valence-electron chi connectivity index (χ4n) is 3.35. The van der Waals surface area contributed by atoms with Crippen LogP contribution in [-0.2, 0) is 13.1 Å². The Hall–Kier alpha value is -3.32. The Bertz CT molecular complexity index is 909. The lowest BCUT2D eigenvalue weighted by atomic mass is 10.2. The van der Waals surface area contributed by atoms with E-state index in [1.807, 2.05) is 18.2 Å². The summed E-state index contributed by atoms with van der Waals surface area (Å²) in [4.78, 5) is 29.7. The standard InChI is InChI=1S/C22H24N6O/c29-22(26-14-19-7-4-8-23-13-19)20-15-25-21(16-24-20)28-11-9-27(10-12-28)17-18-5-2-1-3-6-18/h1-8,13,15-16H,9-12,14,17H2,(H,26,29). The number of amides is 1. The van der Waals surface area contributed by atoms with Crippen LogP contribution in [0.4, 0.5) is 5.82 Å². The molecule has 7 heteroatoms. The summed E-state index contributed by atoms with van der Waals surface area (Å²) in [5.41, 5.74) is 2.60. The fourth-order valence-corrected chi connectivity index (χ4v) is 3.35. The molecule has 0 saturated carbocycles. The quantitative estimate of drug-likeness (QED) is 0.697. The molecular weight excluding hydrogens is 364 g/mol. The number of hydrogen-bond acceptors (Lipinski definition) is 6. The molecule has 0 bridgehead atoms. The highest BCUT2D eigenvalue weighted by Gasteiger charge is 2.19. The topological polar surface area (TPSA) is 74.2 Å². The van der Waals surface area contributed by atoms with Gasteiger partial charge in [0.05, 0.1) is 12.4 Å². The van der Waals surface area contributed by atoms with Gasteiger partial charge in [0.15, 0.2) is 0 Å². The molecule has 29 heavy (non-hydrogen) atoms. The van der Waals surface area contributed by atoms with Crippen LogP contribution in [0.25, 0.3) is 0 Å². The largest absolute Gasteiger partial charge is 0.353 e. The zero-order chi connectivity index (χ0) is 19.9. The third-order valence-corrected chi connectivity index (χ3v) is 4.99. The van der Waals surface area contributed by atoms with Crippen LogP contribution in [0.3, 0.4) is 0 Å². The first-order valence-corrected chi connectivity index (χ1v) is 9.78. The first-order chi connectivity index (χ1) is 14.3. The van der Waals surface area contributed by atoms with Gasteiger partial charge in [0.1, 0.15) is 11.5 Å². The molecule has 1 aromatic carbocycles. The summed E-state index contributed by atoms with van der Waals surface area (Å²) in [6.45, 7) is 5.13. The van der Waals surface area contributed by atoms with Gasteiger partial charge < -0.3 is 10.2 Å². The van der Waals surface area contributed by atoms with Gasteiger partial charge in [0.2, 0.25) is 0 Å². The summed E-state index contributed by atoms with van der Waals surface area (Å²) in [6.07, 6.45) is 6.67. The summed E-state index contributed by atoms with van der Waals surface area (Å²) < 4.78 is 0. The second-order valence-corrected chi connectivity index (χ2v) is 7.05. The van der Waals surface area contributed by atoms with E-state index in [0.29, 0.717) is 12.2 Å². The molecule has 0 unspecified atom stereocenters. The number of nitrogens with zero attached hydrogens (tertiary/aromatic N) is 5. The van der Waals surface area contributed by atoms with E-state index in [-0.39, 0.29) is 5.91 Å². The monoisotopic (exact) mass is 388 g/mol. The van der Waals surface area contributed by atoms with E-state index in [9.17, 15) is 4.79 Å². The van der Waals surface area contributed by atoms with Crippen molar-refractivity contribution in [3.05, 3.63) is 84.1 Å². The average Bonchev–Trinajstić information content (AvgIpc) is 2.79. The van der Waals surface area contributed by atoms with Gasteiger partial charge in [-0.3, -0.25) is 14.7 Å². The van der Waals surface area contributed by atoms with E-state index in [1.54, 1.807) is 24.8 Å². The van der Waals surface area contributed by atoms with E-state index >= 15 is 0 Å². The molecular formula is C22H24N6O. The summed E-state index contributed by atoms with van der Waals surface area (Å²) in [5.74, 6) is 0.578. The molecule has 0 spiro atoms. The molecule has 1 saturated heterocycles.